The zero-order valence-electron chi connectivity index (χ0n) is 11.4. The van der Waals surface area contributed by atoms with Gasteiger partial charge in [0, 0.05) is 11.3 Å². The predicted octanol–water partition coefficient (Wildman–Crippen LogP) is 0.588. The minimum absolute atomic E-state index is 0.0616. The van der Waals surface area contributed by atoms with Crippen molar-refractivity contribution in [2.24, 2.45) is 0 Å². The van der Waals surface area contributed by atoms with Gasteiger partial charge in [-0.15, -0.1) is 0 Å². The Balaban J connectivity index is 2.27. The Morgan fingerprint density at radius 2 is 1.95 bits per heavy atom. The summed E-state index contributed by atoms with van der Waals surface area (Å²) in [6, 6.07) is -0.494. The van der Waals surface area contributed by atoms with Crippen molar-refractivity contribution in [3.8, 4) is 0 Å². The SMILES string of the molecule is CSC1CCCCC1NC(=O)NC(=O)COCC(=O)O. The first kappa shape index (κ1) is 16.8. The lowest BCUT2D eigenvalue weighted by Crippen LogP contribution is -2.50. The summed E-state index contributed by atoms with van der Waals surface area (Å²) in [4.78, 5) is 33.2. The number of hydrogen-bond acceptors (Lipinski definition) is 5. The summed E-state index contributed by atoms with van der Waals surface area (Å²) in [7, 11) is 0. The number of ether oxygens (including phenoxy) is 1. The number of aliphatic carboxylic acids is 1. The van der Waals surface area contributed by atoms with Gasteiger partial charge >= 0.3 is 12.0 Å². The van der Waals surface area contributed by atoms with Crippen LogP contribution in [0.15, 0.2) is 0 Å². The summed E-state index contributed by atoms with van der Waals surface area (Å²) in [5, 5.41) is 13.6. The van der Waals surface area contributed by atoms with Crippen LogP contribution in [-0.2, 0) is 14.3 Å². The Morgan fingerprint density at radius 1 is 1.25 bits per heavy atom. The van der Waals surface area contributed by atoms with Gasteiger partial charge in [0.15, 0.2) is 0 Å². The number of imide groups is 1. The highest BCUT2D eigenvalue weighted by Gasteiger charge is 2.26. The second kappa shape index (κ2) is 8.80. The van der Waals surface area contributed by atoms with Gasteiger partial charge in [-0.2, -0.15) is 11.8 Å². The average molecular weight is 304 g/mol. The molecule has 0 aromatic rings. The number of carboxylic acid groups (broad SMARTS) is 1. The monoisotopic (exact) mass is 304 g/mol. The van der Waals surface area contributed by atoms with Crippen molar-refractivity contribution >= 4 is 29.7 Å². The van der Waals surface area contributed by atoms with Gasteiger partial charge < -0.3 is 15.2 Å². The largest absolute Gasteiger partial charge is 0.480 e. The molecule has 1 aliphatic rings. The van der Waals surface area contributed by atoms with Crippen LogP contribution >= 0.6 is 11.8 Å². The van der Waals surface area contributed by atoms with E-state index in [2.05, 4.69) is 15.4 Å². The molecule has 1 fully saturated rings. The minimum atomic E-state index is -1.16. The van der Waals surface area contributed by atoms with E-state index < -0.39 is 31.1 Å². The molecule has 1 aliphatic carbocycles. The lowest BCUT2D eigenvalue weighted by molar-refractivity contribution is -0.143. The number of thioether (sulfide) groups is 1. The molecule has 114 valence electrons. The summed E-state index contributed by atoms with van der Waals surface area (Å²) in [6.45, 7) is -1.01. The Labute approximate surface area is 121 Å². The second-order valence-corrected chi connectivity index (χ2v) is 5.65. The van der Waals surface area contributed by atoms with Crippen molar-refractivity contribution in [3.63, 3.8) is 0 Å². The zero-order chi connectivity index (χ0) is 15.0. The number of nitrogens with one attached hydrogen (secondary N) is 2. The first-order valence-electron chi connectivity index (χ1n) is 6.45. The normalized spacial score (nSPS) is 22.1. The van der Waals surface area contributed by atoms with E-state index in [0.717, 1.165) is 25.7 Å². The van der Waals surface area contributed by atoms with Gasteiger partial charge in [-0.25, -0.2) is 9.59 Å². The molecule has 0 radical (unpaired) electrons. The molecule has 20 heavy (non-hydrogen) atoms. The second-order valence-electron chi connectivity index (χ2n) is 4.57. The minimum Gasteiger partial charge on any atom is -0.480 e. The van der Waals surface area contributed by atoms with Crippen LogP contribution in [0.2, 0.25) is 0 Å². The van der Waals surface area contributed by atoms with Crippen LogP contribution in [0.5, 0.6) is 0 Å². The third kappa shape index (κ3) is 6.25. The van der Waals surface area contributed by atoms with Crippen LogP contribution in [0, 0.1) is 0 Å². The number of urea groups is 1. The van der Waals surface area contributed by atoms with Crippen molar-refractivity contribution in [2.45, 2.75) is 37.0 Å². The maximum absolute atomic E-state index is 11.7. The zero-order valence-corrected chi connectivity index (χ0v) is 12.2. The summed E-state index contributed by atoms with van der Waals surface area (Å²) in [5.41, 5.74) is 0. The molecule has 0 aliphatic heterocycles. The summed E-state index contributed by atoms with van der Waals surface area (Å²) < 4.78 is 4.59. The van der Waals surface area contributed by atoms with Crippen molar-refractivity contribution in [2.75, 3.05) is 19.5 Å². The Morgan fingerprint density at radius 3 is 2.60 bits per heavy atom. The van der Waals surface area contributed by atoms with Gasteiger partial charge in [0.05, 0.1) is 0 Å². The van der Waals surface area contributed by atoms with Crippen LogP contribution < -0.4 is 10.6 Å². The third-order valence-electron chi connectivity index (χ3n) is 3.03. The van der Waals surface area contributed by atoms with E-state index in [1.165, 1.54) is 0 Å². The molecular formula is C12H20N2O5S. The Hall–Kier alpha value is -1.28. The van der Waals surface area contributed by atoms with Crippen molar-refractivity contribution < 1.29 is 24.2 Å². The molecule has 0 saturated heterocycles. The van der Waals surface area contributed by atoms with Crippen LogP contribution in [0.4, 0.5) is 4.79 Å². The van der Waals surface area contributed by atoms with Crippen molar-refractivity contribution in [1.82, 2.24) is 10.6 Å². The molecule has 8 heteroatoms. The maximum atomic E-state index is 11.7. The van der Waals surface area contributed by atoms with Crippen LogP contribution in [-0.4, -0.2) is 53.8 Å². The van der Waals surface area contributed by atoms with Gasteiger partial charge in [-0.3, -0.25) is 10.1 Å². The molecule has 0 aromatic carbocycles. The highest BCUT2D eigenvalue weighted by molar-refractivity contribution is 7.99. The molecule has 0 bridgehead atoms. The molecule has 0 heterocycles. The molecule has 3 amide bonds. The number of carbonyl (C=O) groups is 3. The van der Waals surface area contributed by atoms with E-state index in [0.29, 0.717) is 5.25 Å². The lowest BCUT2D eigenvalue weighted by atomic mass is 9.95. The summed E-state index contributed by atoms with van der Waals surface area (Å²) in [5.74, 6) is -1.81. The predicted molar refractivity (Wildman–Crippen MR) is 74.7 cm³/mol. The molecule has 2 unspecified atom stereocenters. The van der Waals surface area contributed by atoms with E-state index in [1.807, 2.05) is 6.26 Å². The topological polar surface area (TPSA) is 105 Å². The van der Waals surface area contributed by atoms with Gasteiger partial charge in [0.1, 0.15) is 13.2 Å². The van der Waals surface area contributed by atoms with Crippen LogP contribution in [0.25, 0.3) is 0 Å². The molecule has 1 saturated carbocycles. The highest BCUT2D eigenvalue weighted by Crippen LogP contribution is 2.26. The van der Waals surface area contributed by atoms with Gasteiger partial charge in [0.2, 0.25) is 0 Å². The molecule has 3 N–H and O–H groups in total. The Kier molecular flexibility index (Phi) is 7.38. The first-order chi connectivity index (χ1) is 9.52. The average Bonchev–Trinajstić information content (AvgIpc) is 2.38. The number of carbonyl (C=O) groups excluding carboxylic acids is 2. The van der Waals surface area contributed by atoms with Crippen LogP contribution in [0.1, 0.15) is 25.7 Å². The highest BCUT2D eigenvalue weighted by atomic mass is 32.2. The standard InChI is InChI=1S/C12H20N2O5S/c1-20-9-5-3-2-4-8(9)13-12(18)14-10(15)6-19-7-11(16)17/h8-9H,2-7H2,1H3,(H,16,17)(H2,13,14,15,18). The Bertz CT molecular complexity index is 364. The van der Waals surface area contributed by atoms with E-state index in [4.69, 9.17) is 5.11 Å². The maximum Gasteiger partial charge on any atom is 0.329 e. The fraction of sp³-hybridized carbons (Fsp3) is 0.750. The fourth-order valence-corrected chi connectivity index (χ4v) is 3.08. The third-order valence-corrected chi connectivity index (χ3v) is 4.20. The first-order valence-corrected chi connectivity index (χ1v) is 7.74. The van der Waals surface area contributed by atoms with Gasteiger partial charge in [0.25, 0.3) is 5.91 Å². The number of carboxylic acids is 1. The summed E-state index contributed by atoms with van der Waals surface area (Å²) in [6.07, 6.45) is 6.20. The lowest BCUT2D eigenvalue weighted by Gasteiger charge is -2.30. The van der Waals surface area contributed by atoms with Crippen LogP contribution in [0.3, 0.4) is 0 Å². The van der Waals surface area contributed by atoms with Crippen molar-refractivity contribution in [1.29, 1.82) is 0 Å². The van der Waals surface area contributed by atoms with E-state index in [9.17, 15) is 14.4 Å². The number of hydrogen-bond donors (Lipinski definition) is 3. The molecule has 2 atom stereocenters. The quantitative estimate of drug-likeness (QED) is 0.663. The van der Waals surface area contributed by atoms with E-state index in [1.54, 1.807) is 11.8 Å². The smallest absolute Gasteiger partial charge is 0.329 e. The molecular weight excluding hydrogens is 284 g/mol. The number of amides is 3. The van der Waals surface area contributed by atoms with E-state index in [-0.39, 0.29) is 6.04 Å². The van der Waals surface area contributed by atoms with Crippen molar-refractivity contribution in [3.05, 3.63) is 0 Å². The summed E-state index contributed by atoms with van der Waals surface area (Å²) >= 11 is 1.71. The fourth-order valence-electron chi connectivity index (χ4n) is 2.14. The van der Waals surface area contributed by atoms with E-state index >= 15 is 0 Å². The molecule has 0 aromatic heterocycles. The molecule has 7 nitrogen and oxygen atoms in total. The van der Waals surface area contributed by atoms with Gasteiger partial charge in [-0.05, 0) is 19.1 Å². The molecule has 1 rings (SSSR count). The van der Waals surface area contributed by atoms with Gasteiger partial charge in [-0.1, -0.05) is 12.8 Å². The molecule has 0 spiro atoms. The number of rotatable bonds is 6.